The van der Waals surface area contributed by atoms with E-state index in [1.54, 1.807) is 34.3 Å². The summed E-state index contributed by atoms with van der Waals surface area (Å²) in [5.74, 6) is 0. The molecule has 0 N–H and O–H groups in total. The first kappa shape index (κ1) is 16.3. The van der Waals surface area contributed by atoms with Crippen molar-refractivity contribution in [2.75, 3.05) is 41.4 Å². The summed E-state index contributed by atoms with van der Waals surface area (Å²) >= 11 is 0. The van der Waals surface area contributed by atoms with Crippen molar-refractivity contribution < 1.29 is 19.1 Å². The molecule has 0 spiro atoms. The Kier molecular flexibility index (Phi) is 7.58. The van der Waals surface area contributed by atoms with Gasteiger partial charge in [-0.25, -0.2) is 9.59 Å². The summed E-state index contributed by atoms with van der Waals surface area (Å²) in [6.07, 6.45) is 1.68. The van der Waals surface area contributed by atoms with Gasteiger partial charge < -0.3 is 19.3 Å². The second-order valence-corrected chi connectivity index (χ2v) is 4.28. The SMILES string of the molecule is CC(=CCOC(=O)N(C)C)CCOC(=O)N(C)C. The van der Waals surface area contributed by atoms with Crippen molar-refractivity contribution in [3.05, 3.63) is 11.6 Å². The highest BCUT2D eigenvalue weighted by Gasteiger charge is 2.04. The van der Waals surface area contributed by atoms with Crippen LogP contribution in [0.5, 0.6) is 0 Å². The average Bonchev–Trinajstić information content (AvgIpc) is 2.28. The van der Waals surface area contributed by atoms with Crippen LogP contribution in [-0.4, -0.2) is 63.4 Å². The van der Waals surface area contributed by atoms with Gasteiger partial charge in [0.1, 0.15) is 6.61 Å². The van der Waals surface area contributed by atoms with Crippen molar-refractivity contribution >= 4 is 12.2 Å². The normalized spacial score (nSPS) is 10.8. The standard InChI is InChI=1S/C12H22N2O4/c1-10(6-8-17-11(15)13(2)3)7-9-18-12(16)14(4)5/h6H,7-9H2,1-5H3. The minimum atomic E-state index is -0.377. The van der Waals surface area contributed by atoms with E-state index in [9.17, 15) is 9.59 Å². The highest BCUT2D eigenvalue weighted by Crippen LogP contribution is 2.01. The van der Waals surface area contributed by atoms with Gasteiger partial charge in [0, 0.05) is 34.6 Å². The van der Waals surface area contributed by atoms with Gasteiger partial charge >= 0.3 is 12.2 Å². The van der Waals surface area contributed by atoms with Crippen LogP contribution in [0.2, 0.25) is 0 Å². The first-order valence-electron chi connectivity index (χ1n) is 5.68. The van der Waals surface area contributed by atoms with Gasteiger partial charge in [-0.15, -0.1) is 0 Å². The summed E-state index contributed by atoms with van der Waals surface area (Å²) < 4.78 is 9.90. The highest BCUT2D eigenvalue weighted by atomic mass is 16.6. The van der Waals surface area contributed by atoms with E-state index in [0.29, 0.717) is 13.0 Å². The Morgan fingerprint density at radius 3 is 2.00 bits per heavy atom. The molecule has 0 fully saturated rings. The van der Waals surface area contributed by atoms with Gasteiger partial charge in [0.15, 0.2) is 0 Å². The second kappa shape index (κ2) is 8.38. The van der Waals surface area contributed by atoms with Crippen LogP contribution in [0, 0.1) is 0 Å². The molecule has 0 aliphatic heterocycles. The van der Waals surface area contributed by atoms with Crippen molar-refractivity contribution in [1.82, 2.24) is 9.80 Å². The van der Waals surface area contributed by atoms with Crippen LogP contribution in [0.25, 0.3) is 0 Å². The summed E-state index contributed by atoms with van der Waals surface area (Å²) in [5.41, 5.74) is 1.01. The summed E-state index contributed by atoms with van der Waals surface area (Å²) in [6.45, 7) is 2.44. The number of amides is 2. The van der Waals surface area contributed by atoms with Crippen LogP contribution in [-0.2, 0) is 9.47 Å². The summed E-state index contributed by atoms with van der Waals surface area (Å²) in [5, 5.41) is 0. The predicted molar refractivity (Wildman–Crippen MR) is 68.4 cm³/mol. The molecule has 0 heterocycles. The lowest BCUT2D eigenvalue weighted by Crippen LogP contribution is -2.23. The Labute approximate surface area is 108 Å². The van der Waals surface area contributed by atoms with E-state index in [4.69, 9.17) is 9.47 Å². The van der Waals surface area contributed by atoms with Gasteiger partial charge in [-0.3, -0.25) is 0 Å². The first-order chi connectivity index (χ1) is 8.34. The number of hydrogen-bond donors (Lipinski definition) is 0. The fraction of sp³-hybridized carbons (Fsp3) is 0.667. The Balaban J connectivity index is 3.79. The molecule has 104 valence electrons. The molecule has 0 atom stereocenters. The quantitative estimate of drug-likeness (QED) is 0.704. The number of hydrogen-bond acceptors (Lipinski definition) is 4. The molecule has 0 unspecified atom stereocenters. The zero-order valence-corrected chi connectivity index (χ0v) is 11.7. The second-order valence-electron chi connectivity index (χ2n) is 4.28. The van der Waals surface area contributed by atoms with Gasteiger partial charge in [0.25, 0.3) is 0 Å². The number of nitrogens with zero attached hydrogens (tertiary/aromatic N) is 2. The van der Waals surface area contributed by atoms with E-state index in [2.05, 4.69) is 0 Å². The molecular weight excluding hydrogens is 236 g/mol. The smallest absolute Gasteiger partial charge is 0.409 e. The van der Waals surface area contributed by atoms with Crippen LogP contribution >= 0.6 is 0 Å². The molecule has 0 radical (unpaired) electrons. The van der Waals surface area contributed by atoms with Crippen LogP contribution < -0.4 is 0 Å². The Hall–Kier alpha value is -1.72. The minimum Gasteiger partial charge on any atom is -0.449 e. The molecule has 0 aliphatic carbocycles. The van der Waals surface area contributed by atoms with E-state index in [1.165, 1.54) is 9.80 Å². The Bertz CT molecular complexity index is 311. The van der Waals surface area contributed by atoms with E-state index in [0.717, 1.165) is 5.57 Å². The maximum Gasteiger partial charge on any atom is 0.409 e. The maximum atomic E-state index is 11.1. The van der Waals surface area contributed by atoms with Crippen molar-refractivity contribution in [1.29, 1.82) is 0 Å². The topological polar surface area (TPSA) is 59.1 Å². The molecule has 6 heteroatoms. The molecule has 0 aromatic heterocycles. The monoisotopic (exact) mass is 258 g/mol. The van der Waals surface area contributed by atoms with Crippen molar-refractivity contribution in [2.45, 2.75) is 13.3 Å². The van der Waals surface area contributed by atoms with Gasteiger partial charge in [0.05, 0.1) is 6.61 Å². The number of rotatable bonds is 5. The van der Waals surface area contributed by atoms with Gasteiger partial charge in [0.2, 0.25) is 0 Å². The van der Waals surface area contributed by atoms with Gasteiger partial charge in [-0.2, -0.15) is 0 Å². The largest absolute Gasteiger partial charge is 0.449 e. The van der Waals surface area contributed by atoms with Crippen molar-refractivity contribution in [3.63, 3.8) is 0 Å². The molecule has 2 amide bonds. The zero-order chi connectivity index (χ0) is 14.1. The third kappa shape index (κ3) is 7.54. The zero-order valence-electron chi connectivity index (χ0n) is 11.7. The van der Waals surface area contributed by atoms with Crippen molar-refractivity contribution in [2.24, 2.45) is 0 Å². The maximum absolute atomic E-state index is 11.1. The average molecular weight is 258 g/mol. The molecule has 0 aromatic rings. The van der Waals surface area contributed by atoms with E-state index >= 15 is 0 Å². The van der Waals surface area contributed by atoms with Crippen LogP contribution in [0.1, 0.15) is 13.3 Å². The van der Waals surface area contributed by atoms with E-state index in [-0.39, 0.29) is 18.8 Å². The molecule has 18 heavy (non-hydrogen) atoms. The Morgan fingerprint density at radius 1 is 1.00 bits per heavy atom. The fourth-order valence-electron chi connectivity index (χ4n) is 0.915. The van der Waals surface area contributed by atoms with Gasteiger partial charge in [-0.1, -0.05) is 5.57 Å². The molecule has 0 saturated carbocycles. The molecular formula is C12H22N2O4. The third-order valence-corrected chi connectivity index (χ3v) is 2.09. The summed E-state index contributed by atoms with van der Waals surface area (Å²) in [7, 11) is 6.51. The molecule has 0 bridgehead atoms. The minimum absolute atomic E-state index is 0.227. The predicted octanol–water partition coefficient (Wildman–Crippen LogP) is 1.72. The number of carbonyl (C=O) groups excluding carboxylic acids is 2. The molecule has 0 saturated heterocycles. The van der Waals surface area contributed by atoms with Crippen LogP contribution in [0.3, 0.4) is 0 Å². The Morgan fingerprint density at radius 2 is 1.50 bits per heavy atom. The first-order valence-corrected chi connectivity index (χ1v) is 5.68. The lowest BCUT2D eigenvalue weighted by molar-refractivity contribution is 0.119. The third-order valence-electron chi connectivity index (χ3n) is 2.09. The van der Waals surface area contributed by atoms with Crippen molar-refractivity contribution in [3.8, 4) is 0 Å². The number of carbonyl (C=O) groups is 2. The molecule has 6 nitrogen and oxygen atoms in total. The van der Waals surface area contributed by atoms with Gasteiger partial charge in [-0.05, 0) is 13.0 Å². The highest BCUT2D eigenvalue weighted by molar-refractivity contribution is 5.67. The summed E-state index contributed by atoms with van der Waals surface area (Å²) in [4.78, 5) is 25.0. The molecule has 0 rings (SSSR count). The lowest BCUT2D eigenvalue weighted by Gasteiger charge is -2.11. The van der Waals surface area contributed by atoms with E-state index < -0.39 is 0 Å². The fourth-order valence-corrected chi connectivity index (χ4v) is 0.915. The van der Waals surface area contributed by atoms with E-state index in [1.807, 2.05) is 6.92 Å². The lowest BCUT2D eigenvalue weighted by atomic mass is 10.2. The van der Waals surface area contributed by atoms with Crippen LogP contribution in [0.4, 0.5) is 9.59 Å². The van der Waals surface area contributed by atoms with Crippen LogP contribution in [0.15, 0.2) is 11.6 Å². The summed E-state index contributed by atoms with van der Waals surface area (Å²) in [6, 6.07) is 0. The number of ether oxygens (including phenoxy) is 2. The molecule has 0 aliphatic rings. The molecule has 0 aromatic carbocycles.